The summed E-state index contributed by atoms with van der Waals surface area (Å²) in [6, 6.07) is 3.84. The largest absolute Gasteiger partial charge is 0.345 e. The summed E-state index contributed by atoms with van der Waals surface area (Å²) in [5, 5.41) is 2.62. The first-order valence-electron chi connectivity index (χ1n) is 6.89. The lowest BCUT2D eigenvalue weighted by molar-refractivity contribution is -0.146. The van der Waals surface area contributed by atoms with E-state index < -0.39 is 11.9 Å². The Morgan fingerprint density at radius 2 is 2.14 bits per heavy atom. The number of amides is 2. The van der Waals surface area contributed by atoms with Crippen molar-refractivity contribution in [3.63, 3.8) is 0 Å². The third-order valence-electron chi connectivity index (χ3n) is 3.44. The van der Waals surface area contributed by atoms with Crippen molar-refractivity contribution >= 4 is 23.4 Å². The van der Waals surface area contributed by atoms with Crippen LogP contribution in [0.25, 0.3) is 0 Å². The summed E-state index contributed by atoms with van der Waals surface area (Å²) in [7, 11) is 0. The molecule has 1 aromatic carbocycles. The molecule has 1 aliphatic rings. The van der Waals surface area contributed by atoms with Crippen LogP contribution < -0.4 is 5.32 Å². The second-order valence-electron chi connectivity index (χ2n) is 5.63. The predicted molar refractivity (Wildman–Crippen MR) is 78.2 cm³/mol. The van der Waals surface area contributed by atoms with Gasteiger partial charge in [0.2, 0.25) is 11.8 Å². The highest BCUT2D eigenvalue weighted by Crippen LogP contribution is 2.21. The van der Waals surface area contributed by atoms with Gasteiger partial charge in [0.15, 0.2) is 0 Å². The maximum atomic E-state index is 13.2. The van der Waals surface area contributed by atoms with Crippen LogP contribution >= 0.6 is 11.6 Å². The third kappa shape index (κ3) is 3.73. The van der Waals surface area contributed by atoms with Crippen LogP contribution in [0.4, 0.5) is 4.39 Å². The van der Waals surface area contributed by atoms with E-state index >= 15 is 0 Å². The number of nitrogens with zero attached hydrogens (tertiary/aromatic N) is 1. The standard InChI is InChI=1S/C15H18ClFN2O2/c1-9(2)5-13-15(21)18-7-14(20)19(13)8-10-3-4-12(17)11(16)6-10/h3-4,6,9,13H,5,7-8H2,1-2H3,(H,18,21). The van der Waals surface area contributed by atoms with Gasteiger partial charge in [0, 0.05) is 6.54 Å². The Bertz CT molecular complexity index is 563. The molecule has 1 heterocycles. The third-order valence-corrected chi connectivity index (χ3v) is 3.73. The van der Waals surface area contributed by atoms with Crippen molar-refractivity contribution in [2.75, 3.05) is 6.54 Å². The number of carbonyl (C=O) groups is 2. The van der Waals surface area contributed by atoms with Crippen LogP contribution in [-0.4, -0.2) is 29.3 Å². The molecule has 1 N–H and O–H groups in total. The van der Waals surface area contributed by atoms with E-state index in [1.54, 1.807) is 11.0 Å². The van der Waals surface area contributed by atoms with Crippen molar-refractivity contribution < 1.29 is 14.0 Å². The van der Waals surface area contributed by atoms with Gasteiger partial charge >= 0.3 is 0 Å². The monoisotopic (exact) mass is 312 g/mol. The summed E-state index contributed by atoms with van der Waals surface area (Å²) in [6.07, 6.45) is 0.590. The molecule has 0 spiro atoms. The van der Waals surface area contributed by atoms with E-state index in [9.17, 15) is 14.0 Å². The predicted octanol–water partition coefficient (Wildman–Crippen LogP) is 2.35. The van der Waals surface area contributed by atoms with Crippen LogP contribution in [0.15, 0.2) is 18.2 Å². The molecule has 1 aliphatic heterocycles. The highest BCUT2D eigenvalue weighted by Gasteiger charge is 2.34. The molecule has 0 aliphatic carbocycles. The average molecular weight is 313 g/mol. The summed E-state index contributed by atoms with van der Waals surface area (Å²) in [4.78, 5) is 25.6. The molecule has 0 saturated carbocycles. The van der Waals surface area contributed by atoms with E-state index in [0.717, 1.165) is 0 Å². The topological polar surface area (TPSA) is 49.4 Å². The normalized spacial score (nSPS) is 19.1. The molecular weight excluding hydrogens is 295 g/mol. The van der Waals surface area contributed by atoms with Crippen molar-refractivity contribution in [2.24, 2.45) is 5.92 Å². The van der Waals surface area contributed by atoms with Crippen molar-refractivity contribution in [1.82, 2.24) is 10.2 Å². The number of halogens is 2. The molecule has 1 atom stereocenters. The van der Waals surface area contributed by atoms with Gasteiger partial charge in [0.25, 0.3) is 0 Å². The Hall–Kier alpha value is -1.62. The molecule has 4 nitrogen and oxygen atoms in total. The molecular formula is C15H18ClFN2O2. The first-order chi connectivity index (χ1) is 9.88. The zero-order valence-electron chi connectivity index (χ0n) is 12.0. The fourth-order valence-corrected chi connectivity index (χ4v) is 2.61. The molecule has 1 fully saturated rings. The number of carbonyl (C=O) groups excluding carboxylic acids is 2. The minimum absolute atomic E-state index is 0.00234. The van der Waals surface area contributed by atoms with E-state index in [1.807, 2.05) is 13.8 Å². The van der Waals surface area contributed by atoms with E-state index in [2.05, 4.69) is 5.32 Å². The smallest absolute Gasteiger partial charge is 0.243 e. The number of nitrogens with one attached hydrogen (secondary N) is 1. The van der Waals surface area contributed by atoms with Crippen LogP contribution in [0.5, 0.6) is 0 Å². The highest BCUT2D eigenvalue weighted by atomic mass is 35.5. The summed E-state index contributed by atoms with van der Waals surface area (Å²) in [6.45, 7) is 4.25. The van der Waals surface area contributed by atoms with E-state index in [-0.39, 0.29) is 35.8 Å². The van der Waals surface area contributed by atoms with E-state index in [0.29, 0.717) is 12.0 Å². The van der Waals surface area contributed by atoms with Gasteiger partial charge in [-0.1, -0.05) is 31.5 Å². The average Bonchev–Trinajstić information content (AvgIpc) is 2.41. The lowest BCUT2D eigenvalue weighted by atomic mass is 9.99. The minimum atomic E-state index is -0.498. The summed E-state index contributed by atoms with van der Waals surface area (Å²) >= 11 is 5.76. The van der Waals surface area contributed by atoms with Gasteiger partial charge in [0.1, 0.15) is 11.9 Å². The van der Waals surface area contributed by atoms with Gasteiger partial charge in [-0.2, -0.15) is 0 Å². The molecule has 21 heavy (non-hydrogen) atoms. The molecule has 114 valence electrons. The lowest BCUT2D eigenvalue weighted by Gasteiger charge is -2.36. The number of piperazine rings is 1. The summed E-state index contributed by atoms with van der Waals surface area (Å²) < 4.78 is 13.2. The Balaban J connectivity index is 2.21. The quantitative estimate of drug-likeness (QED) is 0.928. The Morgan fingerprint density at radius 3 is 2.76 bits per heavy atom. The maximum absolute atomic E-state index is 13.2. The molecule has 1 unspecified atom stereocenters. The number of hydrogen-bond donors (Lipinski definition) is 1. The summed E-state index contributed by atoms with van der Waals surface area (Å²) in [5.41, 5.74) is 0.707. The van der Waals surface area contributed by atoms with Crippen molar-refractivity contribution in [3.05, 3.63) is 34.6 Å². The van der Waals surface area contributed by atoms with Gasteiger partial charge in [-0.3, -0.25) is 9.59 Å². The second-order valence-corrected chi connectivity index (χ2v) is 6.04. The number of benzene rings is 1. The molecule has 6 heteroatoms. The van der Waals surface area contributed by atoms with Gasteiger partial charge in [-0.05, 0) is 30.0 Å². The Labute approximate surface area is 128 Å². The molecule has 2 amide bonds. The molecule has 1 aromatic rings. The van der Waals surface area contributed by atoms with Crippen LogP contribution in [0.2, 0.25) is 5.02 Å². The van der Waals surface area contributed by atoms with Crippen LogP contribution in [0.3, 0.4) is 0 Å². The molecule has 0 aromatic heterocycles. The fraction of sp³-hybridized carbons (Fsp3) is 0.467. The maximum Gasteiger partial charge on any atom is 0.243 e. The molecule has 1 saturated heterocycles. The number of hydrogen-bond acceptors (Lipinski definition) is 2. The molecule has 2 rings (SSSR count). The van der Waals surface area contributed by atoms with Gasteiger partial charge < -0.3 is 10.2 Å². The van der Waals surface area contributed by atoms with Crippen LogP contribution in [0, 0.1) is 11.7 Å². The molecule has 0 radical (unpaired) electrons. The van der Waals surface area contributed by atoms with Crippen LogP contribution in [0.1, 0.15) is 25.8 Å². The Morgan fingerprint density at radius 1 is 1.43 bits per heavy atom. The van der Waals surface area contributed by atoms with E-state index in [4.69, 9.17) is 11.6 Å². The molecule has 0 bridgehead atoms. The zero-order valence-corrected chi connectivity index (χ0v) is 12.8. The van der Waals surface area contributed by atoms with Crippen molar-refractivity contribution in [1.29, 1.82) is 0 Å². The van der Waals surface area contributed by atoms with Gasteiger partial charge in [0.05, 0.1) is 11.6 Å². The SMILES string of the molecule is CC(C)CC1C(=O)NCC(=O)N1Cc1ccc(F)c(Cl)c1. The zero-order chi connectivity index (χ0) is 15.6. The van der Waals surface area contributed by atoms with Gasteiger partial charge in [-0.15, -0.1) is 0 Å². The first kappa shape index (κ1) is 15.8. The van der Waals surface area contributed by atoms with Crippen LogP contribution in [-0.2, 0) is 16.1 Å². The first-order valence-corrected chi connectivity index (χ1v) is 7.27. The lowest BCUT2D eigenvalue weighted by Crippen LogP contribution is -2.58. The van der Waals surface area contributed by atoms with Crippen molar-refractivity contribution in [3.8, 4) is 0 Å². The highest BCUT2D eigenvalue weighted by molar-refractivity contribution is 6.30. The summed E-state index contributed by atoms with van der Waals surface area (Å²) in [5.74, 6) is -0.495. The minimum Gasteiger partial charge on any atom is -0.345 e. The second kappa shape index (κ2) is 6.43. The Kier molecular flexibility index (Phi) is 4.83. The van der Waals surface area contributed by atoms with Crippen molar-refractivity contribution in [2.45, 2.75) is 32.9 Å². The number of rotatable bonds is 4. The van der Waals surface area contributed by atoms with E-state index in [1.165, 1.54) is 12.1 Å². The fourth-order valence-electron chi connectivity index (χ4n) is 2.41. The van der Waals surface area contributed by atoms with Gasteiger partial charge in [-0.25, -0.2) is 4.39 Å².